The topological polar surface area (TPSA) is 62.8 Å². The fourth-order valence-electron chi connectivity index (χ4n) is 4.02. The molecule has 0 amide bonds. The van der Waals surface area contributed by atoms with E-state index in [1.807, 2.05) is 85.8 Å². The van der Waals surface area contributed by atoms with Crippen LogP contribution in [0.15, 0.2) is 89.7 Å². The van der Waals surface area contributed by atoms with Gasteiger partial charge in [-0.05, 0) is 48.4 Å². The number of allylic oxidation sites excluding steroid dienone is 1. The first-order valence-corrected chi connectivity index (χ1v) is 10.9. The highest BCUT2D eigenvalue weighted by Crippen LogP contribution is 2.30. The van der Waals surface area contributed by atoms with Gasteiger partial charge in [0.05, 0.1) is 11.1 Å². The minimum atomic E-state index is -0.430. The van der Waals surface area contributed by atoms with E-state index in [-0.39, 0.29) is 5.56 Å². The number of rotatable bonds is 4. The molecule has 0 fully saturated rings. The van der Waals surface area contributed by atoms with Gasteiger partial charge in [0.2, 0.25) is 0 Å². The maximum Gasteiger partial charge on any atom is 0.260 e. The molecule has 0 unspecified atom stereocenters. The van der Waals surface area contributed by atoms with Crippen LogP contribution in [-0.2, 0) is 0 Å². The Hall–Kier alpha value is -4.02. The second kappa shape index (κ2) is 8.49. The minimum Gasteiger partial charge on any atom is -0.321 e. The van der Waals surface area contributed by atoms with Crippen molar-refractivity contribution >= 4 is 45.3 Å². The second-order valence-electron chi connectivity index (χ2n) is 7.88. The number of aromatic nitrogens is 2. The molecule has 0 aliphatic rings. The summed E-state index contributed by atoms with van der Waals surface area (Å²) in [6, 6.07) is 24.7. The molecule has 0 bridgehead atoms. The highest BCUT2D eigenvalue weighted by Gasteiger charge is 2.19. The van der Waals surface area contributed by atoms with Crippen molar-refractivity contribution in [2.75, 3.05) is 0 Å². The lowest BCUT2D eigenvalue weighted by Gasteiger charge is -2.11. The Bertz CT molecular complexity index is 1620. The van der Waals surface area contributed by atoms with Crippen molar-refractivity contribution in [3.63, 3.8) is 0 Å². The Morgan fingerprint density at radius 1 is 0.970 bits per heavy atom. The Morgan fingerprint density at radius 2 is 1.73 bits per heavy atom. The van der Waals surface area contributed by atoms with Crippen LogP contribution in [0.1, 0.15) is 21.5 Å². The predicted molar refractivity (Wildman–Crippen MR) is 135 cm³/mol. The Kier molecular flexibility index (Phi) is 5.37. The van der Waals surface area contributed by atoms with Crippen LogP contribution in [0.2, 0.25) is 5.15 Å². The third-order valence-electron chi connectivity index (χ3n) is 5.60. The van der Waals surface area contributed by atoms with E-state index in [2.05, 4.69) is 9.97 Å². The summed E-state index contributed by atoms with van der Waals surface area (Å²) in [5.41, 5.74) is 4.25. The van der Waals surface area contributed by atoms with Gasteiger partial charge in [-0.15, -0.1) is 0 Å². The molecule has 0 saturated carbocycles. The number of para-hydroxylation sites is 1. The fraction of sp³-hybridized carbons (Fsp3) is 0.0357. The molecule has 0 radical (unpaired) electrons. The summed E-state index contributed by atoms with van der Waals surface area (Å²) in [7, 11) is 0. The van der Waals surface area contributed by atoms with E-state index in [1.165, 1.54) is 6.08 Å². The summed E-state index contributed by atoms with van der Waals surface area (Å²) in [5, 5.41) is 2.03. The van der Waals surface area contributed by atoms with E-state index >= 15 is 0 Å². The van der Waals surface area contributed by atoms with Crippen LogP contribution in [0.4, 0.5) is 0 Å². The number of H-pyrrole nitrogens is 1. The Morgan fingerprint density at radius 3 is 2.55 bits per heavy atom. The lowest BCUT2D eigenvalue weighted by molar-refractivity contribution is 0.104. The third-order valence-corrected chi connectivity index (χ3v) is 5.90. The average Bonchev–Trinajstić information content (AvgIpc) is 2.82. The SMILES string of the molecule is Cc1ccc2cc(/C=C/C(=O)c3c(-c4ccccc4)c4ccccc4[nH]c3=O)c(Cl)nc2c1. The van der Waals surface area contributed by atoms with E-state index in [0.29, 0.717) is 21.8 Å². The van der Waals surface area contributed by atoms with Gasteiger partial charge < -0.3 is 4.98 Å². The first-order valence-electron chi connectivity index (χ1n) is 10.5. The van der Waals surface area contributed by atoms with E-state index in [1.54, 1.807) is 6.08 Å². The first kappa shape index (κ1) is 20.9. The smallest absolute Gasteiger partial charge is 0.260 e. The van der Waals surface area contributed by atoms with Crippen LogP contribution in [0.25, 0.3) is 39.0 Å². The molecule has 4 nitrogen and oxygen atoms in total. The molecule has 1 N–H and O–H groups in total. The Balaban J connectivity index is 1.64. The van der Waals surface area contributed by atoms with Gasteiger partial charge in [0.15, 0.2) is 5.78 Å². The van der Waals surface area contributed by atoms with Crippen LogP contribution in [0, 0.1) is 6.92 Å². The zero-order valence-corrected chi connectivity index (χ0v) is 18.6. The molecule has 5 rings (SSSR count). The maximum atomic E-state index is 13.3. The molecule has 160 valence electrons. The van der Waals surface area contributed by atoms with Crippen molar-refractivity contribution in [3.05, 3.63) is 117 Å². The molecule has 0 saturated heterocycles. The van der Waals surface area contributed by atoms with Crippen LogP contribution < -0.4 is 5.56 Å². The largest absolute Gasteiger partial charge is 0.321 e. The Labute approximate surface area is 195 Å². The number of aromatic amines is 1. The number of nitrogens with zero attached hydrogens (tertiary/aromatic N) is 1. The number of pyridine rings is 2. The zero-order chi connectivity index (χ0) is 22.9. The van der Waals surface area contributed by atoms with E-state index in [4.69, 9.17) is 11.6 Å². The van der Waals surface area contributed by atoms with Crippen molar-refractivity contribution in [3.8, 4) is 11.1 Å². The number of carbonyl (C=O) groups is 1. The van der Waals surface area contributed by atoms with Gasteiger partial charge >= 0.3 is 0 Å². The highest BCUT2D eigenvalue weighted by molar-refractivity contribution is 6.31. The second-order valence-corrected chi connectivity index (χ2v) is 8.24. The van der Waals surface area contributed by atoms with Crippen LogP contribution in [0.5, 0.6) is 0 Å². The number of fused-ring (bicyclic) bond motifs is 2. The molecule has 0 spiro atoms. The summed E-state index contributed by atoms with van der Waals surface area (Å²) < 4.78 is 0. The summed E-state index contributed by atoms with van der Waals surface area (Å²) in [6.45, 7) is 1.99. The average molecular weight is 451 g/mol. The van der Waals surface area contributed by atoms with E-state index in [0.717, 1.165) is 27.4 Å². The number of hydrogen-bond donors (Lipinski definition) is 1. The van der Waals surface area contributed by atoms with Gasteiger partial charge in [-0.25, -0.2) is 4.98 Å². The highest BCUT2D eigenvalue weighted by atomic mass is 35.5. The molecule has 5 heteroatoms. The third kappa shape index (κ3) is 3.97. The summed E-state index contributed by atoms with van der Waals surface area (Å²) in [4.78, 5) is 33.6. The van der Waals surface area contributed by atoms with Gasteiger partial charge in [-0.3, -0.25) is 9.59 Å². The van der Waals surface area contributed by atoms with Crippen molar-refractivity contribution < 1.29 is 4.79 Å². The van der Waals surface area contributed by atoms with Gasteiger partial charge in [0.25, 0.3) is 5.56 Å². The van der Waals surface area contributed by atoms with Crippen LogP contribution in [0.3, 0.4) is 0 Å². The van der Waals surface area contributed by atoms with E-state index < -0.39 is 11.3 Å². The molecule has 3 aromatic carbocycles. The van der Waals surface area contributed by atoms with E-state index in [9.17, 15) is 9.59 Å². The van der Waals surface area contributed by atoms with Crippen LogP contribution >= 0.6 is 11.6 Å². The van der Waals surface area contributed by atoms with Gasteiger partial charge in [0.1, 0.15) is 5.15 Å². The minimum absolute atomic E-state index is 0.0941. The monoisotopic (exact) mass is 450 g/mol. The van der Waals surface area contributed by atoms with Crippen molar-refractivity contribution in [2.45, 2.75) is 6.92 Å². The lowest BCUT2D eigenvalue weighted by Crippen LogP contribution is -2.18. The molecule has 33 heavy (non-hydrogen) atoms. The van der Waals surface area contributed by atoms with Crippen LogP contribution in [-0.4, -0.2) is 15.8 Å². The number of hydrogen-bond acceptors (Lipinski definition) is 3. The van der Waals surface area contributed by atoms with Crippen molar-refractivity contribution in [2.24, 2.45) is 0 Å². The number of carbonyl (C=O) groups excluding carboxylic acids is 1. The van der Waals surface area contributed by atoms with Gasteiger partial charge in [0, 0.05) is 27.4 Å². The van der Waals surface area contributed by atoms with Gasteiger partial charge in [-0.1, -0.05) is 72.3 Å². The predicted octanol–water partition coefficient (Wildman–Crippen LogP) is 6.60. The molecule has 0 aliphatic heterocycles. The molecular weight excluding hydrogens is 432 g/mol. The molecule has 0 atom stereocenters. The quantitative estimate of drug-likeness (QED) is 0.190. The maximum absolute atomic E-state index is 13.3. The van der Waals surface area contributed by atoms with Gasteiger partial charge in [-0.2, -0.15) is 0 Å². The molecule has 2 heterocycles. The van der Waals surface area contributed by atoms with Crippen molar-refractivity contribution in [1.82, 2.24) is 9.97 Å². The zero-order valence-electron chi connectivity index (χ0n) is 17.8. The lowest BCUT2D eigenvalue weighted by atomic mass is 9.94. The number of ketones is 1. The molecule has 0 aliphatic carbocycles. The molecule has 2 aromatic heterocycles. The summed E-state index contributed by atoms with van der Waals surface area (Å²) in [6.07, 6.45) is 3.00. The normalized spacial score (nSPS) is 11.5. The standard InChI is InChI=1S/C28H19ClN2O2/c1-17-11-12-19-16-20(27(29)30-23(19)15-17)13-14-24(32)26-25(18-7-3-2-4-8-18)21-9-5-6-10-22(21)31-28(26)33/h2-16H,1H3,(H,31,33)/b14-13+. The number of aryl methyl sites for hydroxylation is 1. The summed E-state index contributed by atoms with van der Waals surface area (Å²) in [5.74, 6) is -0.402. The number of benzene rings is 3. The fourth-order valence-corrected chi connectivity index (χ4v) is 4.23. The summed E-state index contributed by atoms with van der Waals surface area (Å²) >= 11 is 6.38. The molecular formula is C28H19ClN2O2. The van der Waals surface area contributed by atoms with Crippen molar-refractivity contribution in [1.29, 1.82) is 0 Å². The molecule has 5 aromatic rings. The number of nitrogens with one attached hydrogen (secondary N) is 1. The first-order chi connectivity index (χ1) is 16.0. The number of halogens is 1.